The van der Waals surface area contributed by atoms with E-state index in [2.05, 4.69) is 58.3 Å². The van der Waals surface area contributed by atoms with Crippen LogP contribution in [0.25, 0.3) is 0 Å². The van der Waals surface area contributed by atoms with Crippen LogP contribution in [0.2, 0.25) is 0 Å². The van der Waals surface area contributed by atoms with E-state index in [9.17, 15) is 0 Å². The van der Waals surface area contributed by atoms with E-state index in [1.54, 1.807) is 0 Å². The monoisotopic (exact) mass is 233 g/mol. The van der Waals surface area contributed by atoms with E-state index in [0.717, 1.165) is 5.92 Å². The van der Waals surface area contributed by atoms with Gasteiger partial charge in [0.05, 0.1) is 0 Å². The molecule has 0 aliphatic rings. The van der Waals surface area contributed by atoms with E-state index >= 15 is 0 Å². The quantitative estimate of drug-likeness (QED) is 0.768. The molecule has 0 bridgehead atoms. The highest BCUT2D eigenvalue weighted by Crippen LogP contribution is 2.22. The second-order valence-electron chi connectivity index (χ2n) is 5.59. The Balaban J connectivity index is 2.65. The maximum absolute atomic E-state index is 3.45. The maximum Gasteiger partial charge on any atom is 0.0317 e. The summed E-state index contributed by atoms with van der Waals surface area (Å²) in [5.41, 5.74) is 4.17. The van der Waals surface area contributed by atoms with E-state index in [1.165, 1.54) is 36.0 Å². The Morgan fingerprint density at radius 1 is 1.00 bits per heavy atom. The van der Waals surface area contributed by atoms with Gasteiger partial charge in [0, 0.05) is 6.04 Å². The van der Waals surface area contributed by atoms with Crippen molar-refractivity contribution in [3.8, 4) is 0 Å². The van der Waals surface area contributed by atoms with Gasteiger partial charge in [0.25, 0.3) is 0 Å². The van der Waals surface area contributed by atoms with Crippen LogP contribution in [0.4, 0.5) is 0 Å². The molecule has 0 radical (unpaired) electrons. The Hall–Kier alpha value is -0.820. The molecule has 0 aliphatic carbocycles. The van der Waals surface area contributed by atoms with Crippen molar-refractivity contribution in [1.29, 1.82) is 0 Å². The Bertz CT molecular complexity index is 321. The Morgan fingerprint density at radius 2 is 1.59 bits per heavy atom. The average molecular weight is 233 g/mol. The fourth-order valence-electron chi connectivity index (χ4n) is 2.42. The van der Waals surface area contributed by atoms with Gasteiger partial charge >= 0.3 is 0 Å². The number of aryl methyl sites for hydroxylation is 2. The van der Waals surface area contributed by atoms with E-state index < -0.39 is 0 Å². The van der Waals surface area contributed by atoms with Crippen molar-refractivity contribution in [2.75, 3.05) is 7.05 Å². The van der Waals surface area contributed by atoms with Crippen molar-refractivity contribution < 1.29 is 0 Å². The molecule has 0 aromatic heterocycles. The summed E-state index contributed by atoms with van der Waals surface area (Å²) in [6, 6.07) is 7.37. The molecule has 0 saturated carbocycles. The lowest BCUT2D eigenvalue weighted by Crippen LogP contribution is -2.16. The second kappa shape index (κ2) is 6.80. The number of nitrogens with one attached hydrogen (secondary N) is 1. The highest BCUT2D eigenvalue weighted by atomic mass is 14.9. The summed E-state index contributed by atoms with van der Waals surface area (Å²) in [6.07, 6.45) is 3.86. The average Bonchev–Trinajstić information content (AvgIpc) is 2.22. The maximum atomic E-state index is 3.45. The lowest BCUT2D eigenvalue weighted by Gasteiger charge is -2.18. The number of rotatable bonds is 6. The van der Waals surface area contributed by atoms with Gasteiger partial charge in [-0.15, -0.1) is 0 Å². The van der Waals surface area contributed by atoms with E-state index in [-0.39, 0.29) is 0 Å². The Kier molecular flexibility index (Phi) is 5.70. The first-order valence-electron chi connectivity index (χ1n) is 6.78. The van der Waals surface area contributed by atoms with Gasteiger partial charge in [0.2, 0.25) is 0 Å². The number of hydrogen-bond acceptors (Lipinski definition) is 1. The Labute approximate surface area is 107 Å². The zero-order valence-electron chi connectivity index (χ0n) is 12.0. The van der Waals surface area contributed by atoms with E-state index in [0.29, 0.717) is 6.04 Å². The fraction of sp³-hybridized carbons (Fsp3) is 0.625. The molecule has 0 fully saturated rings. The minimum absolute atomic E-state index is 0.507. The third-order valence-electron chi connectivity index (χ3n) is 3.27. The summed E-state index contributed by atoms with van der Waals surface area (Å²) in [7, 11) is 2.07. The minimum atomic E-state index is 0.507. The molecule has 1 aromatic rings. The molecule has 1 nitrogen and oxygen atoms in total. The normalized spacial score (nSPS) is 13.1. The topological polar surface area (TPSA) is 12.0 Å². The van der Waals surface area contributed by atoms with Crippen LogP contribution in [0.5, 0.6) is 0 Å². The molecule has 0 amide bonds. The SMILES string of the molecule is CNC(CCCC(C)C)c1cc(C)cc(C)c1. The molecule has 1 heteroatoms. The second-order valence-corrected chi connectivity index (χ2v) is 5.59. The van der Waals surface area contributed by atoms with Crippen LogP contribution < -0.4 is 5.32 Å². The smallest absolute Gasteiger partial charge is 0.0317 e. The van der Waals surface area contributed by atoms with Crippen molar-refractivity contribution in [3.63, 3.8) is 0 Å². The molecule has 1 N–H and O–H groups in total. The van der Waals surface area contributed by atoms with Crippen molar-refractivity contribution in [1.82, 2.24) is 5.32 Å². The third kappa shape index (κ3) is 4.91. The summed E-state index contributed by atoms with van der Waals surface area (Å²) < 4.78 is 0. The molecule has 96 valence electrons. The molecular formula is C16H27N. The first-order chi connectivity index (χ1) is 8.02. The van der Waals surface area contributed by atoms with Crippen LogP contribution in [0, 0.1) is 19.8 Å². The molecule has 0 saturated heterocycles. The van der Waals surface area contributed by atoms with Gasteiger partial charge < -0.3 is 5.32 Å². The zero-order chi connectivity index (χ0) is 12.8. The van der Waals surface area contributed by atoms with Crippen LogP contribution >= 0.6 is 0 Å². The first-order valence-corrected chi connectivity index (χ1v) is 6.78. The zero-order valence-corrected chi connectivity index (χ0v) is 12.0. The van der Waals surface area contributed by atoms with Crippen LogP contribution in [0.1, 0.15) is 55.8 Å². The summed E-state index contributed by atoms with van der Waals surface area (Å²) in [4.78, 5) is 0. The van der Waals surface area contributed by atoms with Gasteiger partial charge in [-0.3, -0.25) is 0 Å². The van der Waals surface area contributed by atoms with Gasteiger partial charge in [-0.1, -0.05) is 56.0 Å². The highest BCUT2D eigenvalue weighted by Gasteiger charge is 2.10. The molecule has 1 rings (SSSR count). The van der Waals surface area contributed by atoms with Gasteiger partial charge in [-0.05, 0) is 38.8 Å². The Morgan fingerprint density at radius 3 is 2.06 bits per heavy atom. The van der Waals surface area contributed by atoms with Crippen LogP contribution in [-0.2, 0) is 0 Å². The molecule has 17 heavy (non-hydrogen) atoms. The molecule has 0 spiro atoms. The minimum Gasteiger partial charge on any atom is -0.313 e. The van der Waals surface area contributed by atoms with Crippen LogP contribution in [-0.4, -0.2) is 7.05 Å². The summed E-state index contributed by atoms with van der Waals surface area (Å²) in [5, 5.41) is 3.45. The highest BCUT2D eigenvalue weighted by molar-refractivity contribution is 5.30. The lowest BCUT2D eigenvalue weighted by molar-refractivity contribution is 0.470. The largest absolute Gasteiger partial charge is 0.313 e. The molecular weight excluding hydrogens is 206 g/mol. The molecule has 1 unspecified atom stereocenters. The fourth-order valence-corrected chi connectivity index (χ4v) is 2.42. The van der Waals surface area contributed by atoms with Crippen molar-refractivity contribution in [2.45, 2.75) is 53.0 Å². The van der Waals surface area contributed by atoms with Crippen LogP contribution in [0.3, 0.4) is 0 Å². The standard InChI is InChI=1S/C16H27N/c1-12(2)7-6-8-16(17-5)15-10-13(3)9-14(4)11-15/h9-12,16-17H,6-8H2,1-5H3. The van der Waals surface area contributed by atoms with Crippen molar-refractivity contribution in [2.24, 2.45) is 5.92 Å². The van der Waals surface area contributed by atoms with Gasteiger partial charge in [0.15, 0.2) is 0 Å². The van der Waals surface area contributed by atoms with Crippen molar-refractivity contribution in [3.05, 3.63) is 34.9 Å². The molecule has 0 heterocycles. The first kappa shape index (κ1) is 14.2. The summed E-state index contributed by atoms with van der Waals surface area (Å²) in [6.45, 7) is 8.95. The predicted molar refractivity (Wildman–Crippen MR) is 76.4 cm³/mol. The lowest BCUT2D eigenvalue weighted by atomic mass is 9.96. The summed E-state index contributed by atoms with van der Waals surface area (Å²) >= 11 is 0. The molecule has 0 aliphatic heterocycles. The van der Waals surface area contributed by atoms with E-state index in [1.807, 2.05) is 0 Å². The third-order valence-corrected chi connectivity index (χ3v) is 3.27. The van der Waals surface area contributed by atoms with Gasteiger partial charge in [0.1, 0.15) is 0 Å². The number of hydrogen-bond donors (Lipinski definition) is 1. The molecule has 1 atom stereocenters. The van der Waals surface area contributed by atoms with E-state index in [4.69, 9.17) is 0 Å². The predicted octanol–water partition coefficient (Wildman–Crippen LogP) is 4.39. The van der Waals surface area contributed by atoms with Gasteiger partial charge in [-0.25, -0.2) is 0 Å². The van der Waals surface area contributed by atoms with Crippen LogP contribution in [0.15, 0.2) is 18.2 Å². The molecule has 1 aromatic carbocycles. The number of benzene rings is 1. The van der Waals surface area contributed by atoms with Crippen molar-refractivity contribution >= 4 is 0 Å². The van der Waals surface area contributed by atoms with Gasteiger partial charge in [-0.2, -0.15) is 0 Å². The summed E-state index contributed by atoms with van der Waals surface area (Å²) in [5.74, 6) is 0.812.